The summed E-state index contributed by atoms with van der Waals surface area (Å²) >= 11 is 0. The smallest absolute Gasteiger partial charge is 0.407 e. The molecule has 3 N–H and O–H groups in total. The molecular formula is C16H21N3O6S. The predicted octanol–water partition coefficient (Wildman–Crippen LogP) is 0.373. The van der Waals surface area contributed by atoms with E-state index in [0.29, 0.717) is 0 Å². The van der Waals surface area contributed by atoms with E-state index >= 15 is 0 Å². The maximum absolute atomic E-state index is 12.7. The summed E-state index contributed by atoms with van der Waals surface area (Å²) in [6, 6.07) is 8.95. The first-order valence-corrected chi connectivity index (χ1v) is 9.69. The number of hydrogen-bond acceptors (Lipinski definition) is 4. The molecule has 2 fully saturated rings. The van der Waals surface area contributed by atoms with Crippen LogP contribution < -0.4 is 4.72 Å². The summed E-state index contributed by atoms with van der Waals surface area (Å²) < 4.78 is 28.9. The SMILES string of the molecule is C[C@@H]1[C@@H](c2ccccc2)[C@]1(NS(=O)(=O)N1CCN(C(=O)O)CC1)C(=O)O. The third kappa shape index (κ3) is 3.04. The van der Waals surface area contributed by atoms with E-state index in [1.165, 1.54) is 0 Å². The molecule has 1 saturated carbocycles. The van der Waals surface area contributed by atoms with E-state index in [9.17, 15) is 23.1 Å². The van der Waals surface area contributed by atoms with E-state index in [0.717, 1.165) is 14.8 Å². The van der Waals surface area contributed by atoms with E-state index in [2.05, 4.69) is 4.72 Å². The second kappa shape index (κ2) is 6.53. The van der Waals surface area contributed by atoms with Gasteiger partial charge in [0.2, 0.25) is 0 Å². The Hall–Kier alpha value is -2.17. The highest BCUT2D eigenvalue weighted by Crippen LogP contribution is 2.57. The summed E-state index contributed by atoms with van der Waals surface area (Å²) in [5.74, 6) is -2.08. The second-order valence-corrected chi connectivity index (χ2v) is 8.30. The summed E-state index contributed by atoms with van der Waals surface area (Å²) in [6.07, 6.45) is -1.10. The Balaban J connectivity index is 1.79. The molecule has 2 aliphatic rings. The van der Waals surface area contributed by atoms with Crippen molar-refractivity contribution in [1.82, 2.24) is 13.9 Å². The molecule has 0 unspecified atom stereocenters. The molecule has 0 aromatic heterocycles. The molecule has 9 nitrogen and oxygen atoms in total. The van der Waals surface area contributed by atoms with Crippen LogP contribution in [0.1, 0.15) is 18.4 Å². The van der Waals surface area contributed by atoms with Crippen LogP contribution in [-0.4, -0.2) is 71.6 Å². The van der Waals surface area contributed by atoms with Gasteiger partial charge in [0, 0.05) is 32.1 Å². The van der Waals surface area contributed by atoms with Gasteiger partial charge >= 0.3 is 12.1 Å². The van der Waals surface area contributed by atoms with Crippen LogP contribution in [0.5, 0.6) is 0 Å². The molecule has 1 aromatic rings. The number of carbonyl (C=O) groups is 2. The highest BCUT2D eigenvalue weighted by Gasteiger charge is 2.70. The molecule has 142 valence electrons. The minimum Gasteiger partial charge on any atom is -0.480 e. The van der Waals surface area contributed by atoms with Crippen LogP contribution in [0.25, 0.3) is 0 Å². The van der Waals surface area contributed by atoms with Crippen LogP contribution in [0.3, 0.4) is 0 Å². The third-order valence-electron chi connectivity index (χ3n) is 5.26. The second-order valence-electron chi connectivity index (χ2n) is 6.63. The van der Waals surface area contributed by atoms with Crippen molar-refractivity contribution in [2.75, 3.05) is 26.2 Å². The van der Waals surface area contributed by atoms with Crippen LogP contribution in [0.4, 0.5) is 4.79 Å². The van der Waals surface area contributed by atoms with Crippen LogP contribution in [-0.2, 0) is 15.0 Å². The van der Waals surface area contributed by atoms with Gasteiger partial charge in [-0.1, -0.05) is 37.3 Å². The van der Waals surface area contributed by atoms with E-state index in [4.69, 9.17) is 5.11 Å². The molecular weight excluding hydrogens is 362 g/mol. The van der Waals surface area contributed by atoms with E-state index in [1.807, 2.05) is 6.07 Å². The molecule has 0 radical (unpaired) electrons. The Morgan fingerprint density at radius 3 is 2.19 bits per heavy atom. The van der Waals surface area contributed by atoms with Gasteiger partial charge in [-0.2, -0.15) is 17.4 Å². The Labute approximate surface area is 151 Å². The van der Waals surface area contributed by atoms with Crippen molar-refractivity contribution in [3.63, 3.8) is 0 Å². The molecule has 1 aromatic carbocycles. The third-order valence-corrected chi connectivity index (χ3v) is 6.90. The molecule has 1 aliphatic heterocycles. The van der Waals surface area contributed by atoms with Crippen molar-refractivity contribution in [2.24, 2.45) is 5.92 Å². The number of carboxylic acid groups (broad SMARTS) is 2. The van der Waals surface area contributed by atoms with Gasteiger partial charge in [0.1, 0.15) is 5.54 Å². The van der Waals surface area contributed by atoms with E-state index in [1.54, 1.807) is 31.2 Å². The lowest BCUT2D eigenvalue weighted by Gasteiger charge is -2.33. The number of piperazine rings is 1. The molecule has 1 aliphatic carbocycles. The molecule has 1 heterocycles. The molecule has 0 bridgehead atoms. The molecule has 3 atom stereocenters. The monoisotopic (exact) mass is 383 g/mol. The maximum atomic E-state index is 12.7. The fraction of sp³-hybridized carbons (Fsp3) is 0.500. The number of nitrogens with zero attached hydrogens (tertiary/aromatic N) is 2. The average molecular weight is 383 g/mol. The number of hydrogen-bond donors (Lipinski definition) is 3. The fourth-order valence-electron chi connectivity index (χ4n) is 3.70. The highest BCUT2D eigenvalue weighted by molar-refractivity contribution is 7.87. The largest absolute Gasteiger partial charge is 0.480 e. The minimum absolute atomic E-state index is 0.0122. The first-order valence-electron chi connectivity index (χ1n) is 8.25. The molecule has 0 spiro atoms. The fourth-order valence-corrected chi connectivity index (χ4v) is 5.30. The van der Waals surface area contributed by atoms with E-state index < -0.39 is 39.6 Å². The van der Waals surface area contributed by atoms with Gasteiger partial charge in [-0.3, -0.25) is 4.79 Å². The van der Waals surface area contributed by atoms with E-state index in [-0.39, 0.29) is 26.2 Å². The molecule has 10 heteroatoms. The van der Waals surface area contributed by atoms with Gasteiger partial charge in [0.15, 0.2) is 0 Å². The van der Waals surface area contributed by atoms with Crippen molar-refractivity contribution in [3.05, 3.63) is 35.9 Å². The van der Waals surface area contributed by atoms with Crippen LogP contribution >= 0.6 is 0 Å². The van der Waals surface area contributed by atoms with Crippen LogP contribution in [0.2, 0.25) is 0 Å². The van der Waals surface area contributed by atoms with Crippen LogP contribution in [0.15, 0.2) is 30.3 Å². The summed E-state index contributed by atoms with van der Waals surface area (Å²) in [7, 11) is -4.06. The summed E-state index contributed by atoms with van der Waals surface area (Å²) in [5.41, 5.74) is -0.829. The lowest BCUT2D eigenvalue weighted by Crippen LogP contribution is -2.57. The van der Waals surface area contributed by atoms with Crippen molar-refractivity contribution < 1.29 is 28.2 Å². The Kier molecular flexibility index (Phi) is 4.67. The Bertz CT molecular complexity index is 807. The quantitative estimate of drug-likeness (QED) is 0.674. The zero-order valence-corrected chi connectivity index (χ0v) is 15.0. The number of amides is 1. The standard InChI is InChI=1S/C16H21N3O6S/c1-11-13(12-5-3-2-4-6-12)16(11,14(20)21)17-26(24,25)19-9-7-18(8-10-19)15(22)23/h2-6,11,13,17H,7-10H2,1H3,(H,20,21)(H,22,23)/t11-,13+,16+/m1/s1. The minimum atomic E-state index is -4.06. The lowest BCUT2D eigenvalue weighted by molar-refractivity contribution is -0.140. The number of aliphatic carboxylic acids is 1. The number of carboxylic acids is 1. The van der Waals surface area contributed by atoms with Crippen molar-refractivity contribution in [3.8, 4) is 0 Å². The van der Waals surface area contributed by atoms with Crippen molar-refractivity contribution in [1.29, 1.82) is 0 Å². The van der Waals surface area contributed by atoms with Gasteiger partial charge in [-0.15, -0.1) is 0 Å². The normalized spacial score (nSPS) is 29.3. The summed E-state index contributed by atoms with van der Waals surface area (Å²) in [5, 5.41) is 18.7. The van der Waals surface area contributed by atoms with Crippen LogP contribution in [0, 0.1) is 5.92 Å². The van der Waals surface area contributed by atoms with Gasteiger partial charge in [0.25, 0.3) is 10.2 Å². The Morgan fingerprint density at radius 1 is 1.12 bits per heavy atom. The summed E-state index contributed by atoms with van der Waals surface area (Å²) in [4.78, 5) is 24.0. The first kappa shape index (κ1) is 18.6. The topological polar surface area (TPSA) is 127 Å². The zero-order valence-electron chi connectivity index (χ0n) is 14.2. The Morgan fingerprint density at radius 2 is 1.69 bits per heavy atom. The number of nitrogens with one attached hydrogen (secondary N) is 1. The molecule has 1 saturated heterocycles. The van der Waals surface area contributed by atoms with Gasteiger partial charge in [-0.05, 0) is 11.5 Å². The number of benzene rings is 1. The highest BCUT2D eigenvalue weighted by atomic mass is 32.2. The van der Waals surface area contributed by atoms with Crippen molar-refractivity contribution >= 4 is 22.3 Å². The summed E-state index contributed by atoms with van der Waals surface area (Å²) in [6.45, 7) is 1.78. The van der Waals surface area contributed by atoms with Gasteiger partial charge in [0.05, 0.1) is 0 Å². The van der Waals surface area contributed by atoms with Gasteiger partial charge < -0.3 is 15.1 Å². The first-order chi connectivity index (χ1) is 12.2. The maximum Gasteiger partial charge on any atom is 0.407 e. The molecule has 3 rings (SSSR count). The average Bonchev–Trinajstić information content (AvgIpc) is 3.20. The van der Waals surface area contributed by atoms with Gasteiger partial charge in [-0.25, -0.2) is 4.79 Å². The predicted molar refractivity (Wildman–Crippen MR) is 91.9 cm³/mol. The van der Waals surface area contributed by atoms with Crippen molar-refractivity contribution in [2.45, 2.75) is 18.4 Å². The number of rotatable bonds is 5. The lowest BCUT2D eigenvalue weighted by atomic mass is 10.1. The zero-order chi connectivity index (χ0) is 19.1. The molecule has 26 heavy (non-hydrogen) atoms. The molecule has 1 amide bonds.